The predicted octanol–water partition coefficient (Wildman–Crippen LogP) is 5.27. The first-order chi connectivity index (χ1) is 10.2. The van der Waals surface area contributed by atoms with E-state index in [1.54, 1.807) is 0 Å². The Morgan fingerprint density at radius 1 is 0.810 bits per heavy atom. The fourth-order valence-corrected chi connectivity index (χ4v) is 2.63. The maximum absolute atomic E-state index is 10.9. The van der Waals surface area contributed by atoms with Crippen molar-refractivity contribution in [2.45, 2.75) is 96.5 Å². The van der Waals surface area contributed by atoms with E-state index in [1.807, 2.05) is 7.11 Å². The van der Waals surface area contributed by atoms with E-state index in [4.69, 9.17) is 4.74 Å². The Hall–Kier alpha value is -0.570. The van der Waals surface area contributed by atoms with Gasteiger partial charge in [-0.15, -0.1) is 0 Å². The van der Waals surface area contributed by atoms with Crippen LogP contribution in [0.3, 0.4) is 0 Å². The first kappa shape index (κ1) is 20.4. The van der Waals surface area contributed by atoms with Crippen molar-refractivity contribution < 1.29 is 14.3 Å². The molecule has 0 aliphatic heterocycles. The number of unbranched alkanes of at least 4 members (excludes halogenated alkanes) is 8. The molecule has 1 atom stereocenters. The number of esters is 1. The lowest BCUT2D eigenvalue weighted by atomic mass is 10.0. The minimum absolute atomic E-state index is 0.0824. The Balaban J connectivity index is 3.32. The molecule has 0 N–H and O–H groups in total. The molecule has 0 heterocycles. The second-order valence-corrected chi connectivity index (χ2v) is 5.94. The summed E-state index contributed by atoms with van der Waals surface area (Å²) in [6.45, 7) is 2.25. The zero-order chi connectivity index (χ0) is 15.8. The standard InChI is InChI=1S/C18H36O3/c1-4-5-6-11-14-17(20-2)15-12-9-7-8-10-13-16-18(19)21-3/h17H,4-16H2,1-3H3. The van der Waals surface area contributed by atoms with Crippen LogP contribution in [0.4, 0.5) is 0 Å². The highest BCUT2D eigenvalue weighted by atomic mass is 16.5. The van der Waals surface area contributed by atoms with Crippen molar-refractivity contribution in [1.29, 1.82) is 0 Å². The molecule has 0 amide bonds. The van der Waals surface area contributed by atoms with Crippen molar-refractivity contribution in [3.8, 4) is 0 Å². The molecule has 0 aliphatic rings. The monoisotopic (exact) mass is 300 g/mol. The van der Waals surface area contributed by atoms with Crippen molar-refractivity contribution in [3.05, 3.63) is 0 Å². The van der Waals surface area contributed by atoms with Gasteiger partial charge in [0.1, 0.15) is 0 Å². The number of hydrogen-bond donors (Lipinski definition) is 0. The van der Waals surface area contributed by atoms with E-state index < -0.39 is 0 Å². The third-order valence-corrected chi connectivity index (χ3v) is 4.10. The van der Waals surface area contributed by atoms with E-state index in [0.717, 1.165) is 12.8 Å². The van der Waals surface area contributed by atoms with Crippen molar-refractivity contribution in [2.24, 2.45) is 0 Å². The molecule has 126 valence electrons. The zero-order valence-electron chi connectivity index (χ0n) is 14.5. The molecule has 0 rings (SSSR count). The second kappa shape index (κ2) is 15.8. The number of methoxy groups -OCH3 is 2. The lowest BCUT2D eigenvalue weighted by Gasteiger charge is -2.14. The van der Waals surface area contributed by atoms with Gasteiger partial charge in [-0.25, -0.2) is 0 Å². The number of carbonyl (C=O) groups is 1. The van der Waals surface area contributed by atoms with Gasteiger partial charge in [0.2, 0.25) is 0 Å². The van der Waals surface area contributed by atoms with Crippen LogP contribution in [0.5, 0.6) is 0 Å². The fourth-order valence-electron chi connectivity index (χ4n) is 2.63. The number of hydrogen-bond acceptors (Lipinski definition) is 3. The lowest BCUT2D eigenvalue weighted by Crippen LogP contribution is -2.10. The SMILES string of the molecule is CCCCCCC(CCCCCCCCC(=O)OC)OC. The molecule has 0 fully saturated rings. The van der Waals surface area contributed by atoms with E-state index >= 15 is 0 Å². The van der Waals surface area contributed by atoms with Crippen molar-refractivity contribution in [2.75, 3.05) is 14.2 Å². The molecule has 0 spiro atoms. The minimum atomic E-state index is -0.0824. The van der Waals surface area contributed by atoms with Gasteiger partial charge in [0.05, 0.1) is 13.2 Å². The zero-order valence-corrected chi connectivity index (χ0v) is 14.5. The van der Waals surface area contributed by atoms with Gasteiger partial charge in [0.15, 0.2) is 0 Å². The summed E-state index contributed by atoms with van der Waals surface area (Å²) in [7, 11) is 3.30. The van der Waals surface area contributed by atoms with Gasteiger partial charge in [0.25, 0.3) is 0 Å². The molecule has 0 saturated carbocycles. The number of rotatable bonds is 15. The second-order valence-electron chi connectivity index (χ2n) is 5.94. The summed E-state index contributed by atoms with van der Waals surface area (Å²) in [5, 5.41) is 0. The van der Waals surface area contributed by atoms with Crippen molar-refractivity contribution in [1.82, 2.24) is 0 Å². The van der Waals surface area contributed by atoms with Crippen LogP contribution in [0.15, 0.2) is 0 Å². The number of ether oxygens (including phenoxy) is 2. The van der Waals surface area contributed by atoms with Crippen LogP contribution < -0.4 is 0 Å². The van der Waals surface area contributed by atoms with Crippen LogP contribution in [0.25, 0.3) is 0 Å². The molecule has 21 heavy (non-hydrogen) atoms. The van der Waals surface area contributed by atoms with Crippen molar-refractivity contribution >= 4 is 5.97 Å². The average molecular weight is 300 g/mol. The molecule has 0 aromatic carbocycles. The Kier molecular flexibility index (Phi) is 15.4. The van der Waals surface area contributed by atoms with Crippen LogP contribution in [-0.2, 0) is 14.3 Å². The maximum atomic E-state index is 10.9. The molecule has 0 saturated heterocycles. The summed E-state index contributed by atoms with van der Waals surface area (Å²) in [5.74, 6) is -0.0824. The largest absolute Gasteiger partial charge is 0.469 e. The highest BCUT2D eigenvalue weighted by molar-refractivity contribution is 5.68. The quantitative estimate of drug-likeness (QED) is 0.305. The Morgan fingerprint density at radius 3 is 1.86 bits per heavy atom. The molecular formula is C18H36O3. The van der Waals surface area contributed by atoms with E-state index in [-0.39, 0.29) is 5.97 Å². The molecule has 1 unspecified atom stereocenters. The third kappa shape index (κ3) is 14.1. The molecule has 3 nitrogen and oxygen atoms in total. The van der Waals surface area contributed by atoms with E-state index in [0.29, 0.717) is 12.5 Å². The maximum Gasteiger partial charge on any atom is 0.305 e. The van der Waals surface area contributed by atoms with E-state index in [9.17, 15) is 4.79 Å². The molecular weight excluding hydrogens is 264 g/mol. The summed E-state index contributed by atoms with van der Waals surface area (Å²) in [6.07, 6.45) is 15.9. The average Bonchev–Trinajstić information content (AvgIpc) is 2.51. The predicted molar refractivity (Wildman–Crippen MR) is 88.5 cm³/mol. The first-order valence-corrected chi connectivity index (χ1v) is 8.84. The molecule has 0 aromatic rings. The van der Waals surface area contributed by atoms with Gasteiger partial charge in [-0.05, 0) is 19.3 Å². The van der Waals surface area contributed by atoms with Crippen LogP contribution in [0.1, 0.15) is 90.4 Å². The lowest BCUT2D eigenvalue weighted by molar-refractivity contribution is -0.140. The summed E-state index contributed by atoms with van der Waals surface area (Å²) in [4.78, 5) is 10.9. The van der Waals surface area contributed by atoms with Gasteiger partial charge in [-0.3, -0.25) is 4.79 Å². The highest BCUT2D eigenvalue weighted by Gasteiger charge is 2.06. The van der Waals surface area contributed by atoms with Crippen LogP contribution in [0.2, 0.25) is 0 Å². The highest BCUT2D eigenvalue weighted by Crippen LogP contribution is 2.15. The molecule has 3 heteroatoms. The summed E-state index contributed by atoms with van der Waals surface area (Å²) < 4.78 is 10.2. The topological polar surface area (TPSA) is 35.5 Å². The minimum Gasteiger partial charge on any atom is -0.469 e. The molecule has 0 bridgehead atoms. The van der Waals surface area contributed by atoms with Crippen LogP contribution in [-0.4, -0.2) is 26.3 Å². The van der Waals surface area contributed by atoms with E-state index in [1.165, 1.54) is 71.3 Å². The Bertz CT molecular complexity index is 229. The van der Waals surface area contributed by atoms with Gasteiger partial charge < -0.3 is 9.47 Å². The third-order valence-electron chi connectivity index (χ3n) is 4.10. The van der Waals surface area contributed by atoms with Gasteiger partial charge in [-0.1, -0.05) is 64.7 Å². The molecule has 0 aliphatic carbocycles. The van der Waals surface area contributed by atoms with Gasteiger partial charge >= 0.3 is 5.97 Å². The van der Waals surface area contributed by atoms with Crippen LogP contribution in [0, 0.1) is 0 Å². The number of carbonyl (C=O) groups excluding carboxylic acids is 1. The van der Waals surface area contributed by atoms with Gasteiger partial charge in [0, 0.05) is 13.5 Å². The van der Waals surface area contributed by atoms with Crippen molar-refractivity contribution in [3.63, 3.8) is 0 Å². The van der Waals surface area contributed by atoms with Gasteiger partial charge in [-0.2, -0.15) is 0 Å². The Morgan fingerprint density at radius 2 is 1.33 bits per heavy atom. The molecule has 0 aromatic heterocycles. The Labute approximate surface area is 131 Å². The smallest absolute Gasteiger partial charge is 0.305 e. The normalized spacial score (nSPS) is 12.3. The first-order valence-electron chi connectivity index (χ1n) is 8.84. The van der Waals surface area contributed by atoms with Crippen LogP contribution >= 0.6 is 0 Å². The molecule has 0 radical (unpaired) electrons. The summed E-state index contributed by atoms with van der Waals surface area (Å²) in [5.41, 5.74) is 0. The summed E-state index contributed by atoms with van der Waals surface area (Å²) >= 11 is 0. The van der Waals surface area contributed by atoms with E-state index in [2.05, 4.69) is 11.7 Å². The fraction of sp³-hybridized carbons (Fsp3) is 0.944. The summed E-state index contributed by atoms with van der Waals surface area (Å²) in [6, 6.07) is 0.